The second-order valence-electron chi connectivity index (χ2n) is 5.00. The second kappa shape index (κ2) is 6.03. The van der Waals surface area contributed by atoms with E-state index in [4.69, 9.17) is 16.0 Å². The number of benzene rings is 2. The molecule has 22 heavy (non-hydrogen) atoms. The molecule has 3 nitrogen and oxygen atoms in total. The highest BCUT2D eigenvalue weighted by atomic mass is 35.5. The minimum absolute atomic E-state index is 0. The van der Waals surface area contributed by atoms with Crippen LogP contribution in [0.2, 0.25) is 5.02 Å². The number of nitrogens with one attached hydrogen (secondary N) is 1. The predicted octanol–water partition coefficient (Wildman–Crippen LogP) is 4.52. The van der Waals surface area contributed by atoms with Crippen LogP contribution in [-0.4, -0.2) is 18.9 Å². The van der Waals surface area contributed by atoms with E-state index in [1.54, 1.807) is 6.26 Å². The summed E-state index contributed by atoms with van der Waals surface area (Å²) in [7, 11) is 0. The van der Waals surface area contributed by atoms with Gasteiger partial charge in [-0.3, -0.25) is 4.99 Å². The lowest BCUT2D eigenvalue weighted by Crippen LogP contribution is -2.19. The monoisotopic (exact) mass is 332 g/mol. The quantitative estimate of drug-likeness (QED) is 0.748. The summed E-state index contributed by atoms with van der Waals surface area (Å²) >= 11 is 5.98. The first kappa shape index (κ1) is 14.9. The number of rotatable bonds is 2. The van der Waals surface area contributed by atoms with Gasteiger partial charge < -0.3 is 9.73 Å². The van der Waals surface area contributed by atoms with E-state index in [-0.39, 0.29) is 12.4 Å². The third kappa shape index (κ3) is 2.47. The first-order chi connectivity index (χ1) is 10.3. The van der Waals surface area contributed by atoms with Gasteiger partial charge in [-0.1, -0.05) is 41.9 Å². The van der Waals surface area contributed by atoms with Gasteiger partial charge in [0.15, 0.2) is 11.6 Å². The summed E-state index contributed by atoms with van der Waals surface area (Å²) < 4.78 is 5.77. The number of halogens is 2. The highest BCUT2D eigenvalue weighted by Gasteiger charge is 2.18. The summed E-state index contributed by atoms with van der Waals surface area (Å²) in [5.74, 6) is 1.65. The van der Waals surface area contributed by atoms with Crippen molar-refractivity contribution in [2.45, 2.75) is 0 Å². The van der Waals surface area contributed by atoms with Crippen LogP contribution in [-0.2, 0) is 0 Å². The summed E-state index contributed by atoms with van der Waals surface area (Å²) in [6, 6.07) is 14.0. The summed E-state index contributed by atoms with van der Waals surface area (Å²) in [5.41, 5.74) is 2.25. The van der Waals surface area contributed by atoms with E-state index in [1.165, 1.54) is 0 Å². The topological polar surface area (TPSA) is 37.5 Å². The molecule has 0 fully saturated rings. The first-order valence-corrected chi connectivity index (χ1v) is 7.25. The molecule has 112 valence electrons. The number of fused-ring (bicyclic) bond motifs is 1. The average molecular weight is 333 g/mol. The molecule has 0 saturated heterocycles. The van der Waals surface area contributed by atoms with Crippen LogP contribution in [0.5, 0.6) is 0 Å². The summed E-state index contributed by atoms with van der Waals surface area (Å²) in [4.78, 5) is 4.47. The minimum atomic E-state index is 0. The van der Waals surface area contributed by atoms with E-state index < -0.39 is 0 Å². The van der Waals surface area contributed by atoms with E-state index >= 15 is 0 Å². The van der Waals surface area contributed by atoms with E-state index in [0.29, 0.717) is 0 Å². The summed E-state index contributed by atoms with van der Waals surface area (Å²) in [5, 5.41) is 6.18. The number of hydrogen-bond donors (Lipinski definition) is 1. The van der Waals surface area contributed by atoms with Crippen molar-refractivity contribution < 1.29 is 4.42 Å². The van der Waals surface area contributed by atoms with Crippen molar-refractivity contribution >= 4 is 40.6 Å². The third-order valence-corrected chi connectivity index (χ3v) is 3.92. The predicted molar refractivity (Wildman–Crippen MR) is 93.3 cm³/mol. The van der Waals surface area contributed by atoms with Crippen molar-refractivity contribution in [2.24, 2.45) is 4.99 Å². The number of amidine groups is 1. The van der Waals surface area contributed by atoms with E-state index in [2.05, 4.69) is 22.4 Å². The Morgan fingerprint density at radius 1 is 1.09 bits per heavy atom. The lowest BCUT2D eigenvalue weighted by molar-refractivity contribution is 0.560. The van der Waals surface area contributed by atoms with Crippen LogP contribution in [0, 0.1) is 0 Å². The van der Waals surface area contributed by atoms with Crippen molar-refractivity contribution in [2.75, 3.05) is 13.1 Å². The van der Waals surface area contributed by atoms with Gasteiger partial charge in [-0.2, -0.15) is 0 Å². The van der Waals surface area contributed by atoms with Crippen LogP contribution >= 0.6 is 24.0 Å². The molecule has 5 heteroatoms. The Hall–Kier alpha value is -1.97. The van der Waals surface area contributed by atoms with Crippen molar-refractivity contribution in [3.63, 3.8) is 0 Å². The third-order valence-electron chi connectivity index (χ3n) is 3.67. The van der Waals surface area contributed by atoms with Gasteiger partial charge in [0.25, 0.3) is 0 Å². The van der Waals surface area contributed by atoms with E-state index in [0.717, 1.165) is 51.6 Å². The molecule has 0 atom stereocenters. The van der Waals surface area contributed by atoms with Crippen LogP contribution in [0.3, 0.4) is 0 Å². The highest BCUT2D eigenvalue weighted by Crippen LogP contribution is 2.33. The van der Waals surface area contributed by atoms with Gasteiger partial charge in [-0.05, 0) is 23.3 Å². The van der Waals surface area contributed by atoms with E-state index in [9.17, 15) is 0 Å². The van der Waals surface area contributed by atoms with Crippen molar-refractivity contribution in [1.29, 1.82) is 0 Å². The largest absolute Gasteiger partial charge is 0.460 e. The molecular weight excluding hydrogens is 319 g/mol. The van der Waals surface area contributed by atoms with Crippen LogP contribution in [0.15, 0.2) is 58.1 Å². The summed E-state index contributed by atoms with van der Waals surface area (Å²) in [6.45, 7) is 1.65. The molecule has 4 rings (SSSR count). The van der Waals surface area contributed by atoms with Crippen LogP contribution in [0.25, 0.3) is 21.9 Å². The molecule has 0 bridgehead atoms. The van der Waals surface area contributed by atoms with Crippen LogP contribution in [0.4, 0.5) is 0 Å². The van der Waals surface area contributed by atoms with Gasteiger partial charge in [0, 0.05) is 22.3 Å². The van der Waals surface area contributed by atoms with Gasteiger partial charge in [0.1, 0.15) is 0 Å². The molecular formula is C17H14Cl2N2O. The zero-order valence-corrected chi connectivity index (χ0v) is 13.2. The zero-order chi connectivity index (χ0) is 14.2. The number of aliphatic imine (C=N–C) groups is 1. The fraction of sp³-hybridized carbons (Fsp3) is 0.118. The van der Waals surface area contributed by atoms with Crippen LogP contribution in [0.1, 0.15) is 5.76 Å². The van der Waals surface area contributed by atoms with Gasteiger partial charge in [0.05, 0.1) is 12.8 Å². The van der Waals surface area contributed by atoms with Gasteiger partial charge >= 0.3 is 0 Å². The molecule has 0 aliphatic carbocycles. The van der Waals surface area contributed by atoms with Gasteiger partial charge in [-0.25, -0.2) is 0 Å². The molecule has 1 aromatic heterocycles. The number of furan rings is 1. The Morgan fingerprint density at radius 3 is 2.64 bits per heavy atom. The van der Waals surface area contributed by atoms with Crippen molar-refractivity contribution in [3.8, 4) is 11.1 Å². The first-order valence-electron chi connectivity index (χ1n) is 6.88. The summed E-state index contributed by atoms with van der Waals surface area (Å²) in [6.07, 6.45) is 1.78. The lowest BCUT2D eigenvalue weighted by Gasteiger charge is -2.06. The number of nitrogens with zero attached hydrogens (tertiary/aromatic N) is 1. The fourth-order valence-corrected chi connectivity index (χ4v) is 2.82. The van der Waals surface area contributed by atoms with Crippen molar-refractivity contribution in [3.05, 3.63) is 59.5 Å². The molecule has 0 saturated carbocycles. The van der Waals surface area contributed by atoms with E-state index in [1.807, 2.05) is 30.3 Å². The molecule has 1 aliphatic rings. The molecule has 3 aromatic rings. The maximum atomic E-state index is 5.98. The molecule has 1 aliphatic heterocycles. The second-order valence-corrected chi connectivity index (χ2v) is 5.44. The molecule has 0 amide bonds. The smallest absolute Gasteiger partial charge is 0.176 e. The fourth-order valence-electron chi connectivity index (χ4n) is 2.70. The van der Waals surface area contributed by atoms with Gasteiger partial charge in [0.2, 0.25) is 0 Å². The molecule has 1 N–H and O–H groups in total. The maximum Gasteiger partial charge on any atom is 0.176 e. The molecule has 2 heterocycles. The average Bonchev–Trinajstić information content (AvgIpc) is 3.16. The number of hydrogen-bond acceptors (Lipinski definition) is 3. The Labute approximate surface area is 139 Å². The zero-order valence-electron chi connectivity index (χ0n) is 11.7. The Balaban J connectivity index is 0.00000144. The Morgan fingerprint density at radius 2 is 1.91 bits per heavy atom. The molecule has 2 aromatic carbocycles. The molecule has 0 radical (unpaired) electrons. The normalized spacial score (nSPS) is 13.6. The molecule has 0 spiro atoms. The maximum absolute atomic E-state index is 5.98. The minimum Gasteiger partial charge on any atom is -0.460 e. The Kier molecular flexibility index (Phi) is 4.10. The van der Waals surface area contributed by atoms with Gasteiger partial charge in [-0.15, -0.1) is 12.4 Å². The Bertz CT molecular complexity index is 837. The SMILES string of the molecule is Cl.Clc1ccc(-c2cccc3coc(C4=NCCN4)c23)cc1. The van der Waals surface area contributed by atoms with Crippen LogP contribution < -0.4 is 5.32 Å². The standard InChI is InChI=1S/C17H13ClN2O.ClH/c18-13-6-4-11(5-7-13)14-3-1-2-12-10-21-16(15(12)14)17-19-8-9-20-17;/h1-7,10H,8-9H2,(H,19,20);1H. The molecule has 0 unspecified atom stereocenters. The lowest BCUT2D eigenvalue weighted by atomic mass is 9.99. The van der Waals surface area contributed by atoms with Crippen molar-refractivity contribution in [1.82, 2.24) is 5.32 Å². The highest BCUT2D eigenvalue weighted by molar-refractivity contribution is 6.30.